The summed E-state index contributed by atoms with van der Waals surface area (Å²) in [4.78, 5) is 0. The molecular weight excluding hydrogens is 402 g/mol. The van der Waals surface area contributed by atoms with Gasteiger partial charge in [0.15, 0.2) is 6.20 Å². The lowest BCUT2D eigenvalue weighted by atomic mass is 9.90. The zero-order valence-corrected chi connectivity index (χ0v) is 18.0. The standard InChI is InChI=1S/C31H20NO/c1-2-9-24-22(7-1)23-8-3-4-10-25(23)27-16-19(11-12-26(24)27)21-13-14-29-30-28(21)17-20-6-5-15-32(18-33-29)31(20)30/h1-16H,17-18H2/q+1. The van der Waals surface area contributed by atoms with E-state index < -0.39 is 0 Å². The average Bonchev–Trinajstić information content (AvgIpc) is 3.28. The van der Waals surface area contributed by atoms with Gasteiger partial charge in [-0.15, -0.1) is 0 Å². The van der Waals surface area contributed by atoms with Crippen LogP contribution in [0.2, 0.25) is 0 Å². The van der Waals surface area contributed by atoms with Gasteiger partial charge in [-0.1, -0.05) is 66.7 Å². The van der Waals surface area contributed by atoms with Crippen LogP contribution in [-0.4, -0.2) is 0 Å². The monoisotopic (exact) mass is 422 g/mol. The molecule has 2 heterocycles. The van der Waals surface area contributed by atoms with Crippen LogP contribution in [-0.2, 0) is 13.2 Å². The minimum absolute atomic E-state index is 0.587. The van der Waals surface area contributed by atoms with Crippen LogP contribution in [0.15, 0.2) is 97.2 Å². The van der Waals surface area contributed by atoms with Crippen molar-refractivity contribution in [1.82, 2.24) is 0 Å². The molecule has 0 N–H and O–H groups in total. The Labute approximate surface area is 191 Å². The van der Waals surface area contributed by atoms with Crippen molar-refractivity contribution in [2.75, 3.05) is 0 Å². The normalized spacial score (nSPS) is 13.5. The van der Waals surface area contributed by atoms with Gasteiger partial charge in [-0.05, 0) is 67.2 Å². The molecule has 0 unspecified atom stereocenters. The number of nitrogens with zero attached hydrogens (tertiary/aromatic N) is 1. The van der Waals surface area contributed by atoms with Crippen molar-refractivity contribution in [2.24, 2.45) is 0 Å². The molecule has 2 aliphatic rings. The molecule has 2 heteroatoms. The number of hydrogen-bond acceptors (Lipinski definition) is 1. The van der Waals surface area contributed by atoms with Gasteiger partial charge in [0.05, 0.1) is 5.56 Å². The highest BCUT2D eigenvalue weighted by atomic mass is 16.5. The number of fused-ring (bicyclic) bond motifs is 6. The summed E-state index contributed by atoms with van der Waals surface area (Å²) in [5.41, 5.74) is 7.95. The number of aromatic nitrogens is 1. The Balaban J connectivity index is 1.44. The molecule has 33 heavy (non-hydrogen) atoms. The number of ether oxygens (including phenoxy) is 1. The quantitative estimate of drug-likeness (QED) is 0.205. The summed E-state index contributed by atoms with van der Waals surface area (Å²) in [5.74, 6) is 1.01. The van der Waals surface area contributed by atoms with Gasteiger partial charge in [0.1, 0.15) is 5.75 Å². The molecule has 0 radical (unpaired) electrons. The van der Waals surface area contributed by atoms with Crippen LogP contribution in [0.4, 0.5) is 0 Å². The van der Waals surface area contributed by atoms with Gasteiger partial charge in [0.25, 0.3) is 6.73 Å². The number of benzene rings is 5. The van der Waals surface area contributed by atoms with E-state index in [0.29, 0.717) is 6.73 Å². The van der Waals surface area contributed by atoms with Crippen molar-refractivity contribution in [3.05, 3.63) is 108 Å². The van der Waals surface area contributed by atoms with Gasteiger partial charge in [-0.25, -0.2) is 0 Å². The molecule has 0 saturated heterocycles. The van der Waals surface area contributed by atoms with Crippen molar-refractivity contribution < 1.29 is 9.30 Å². The van der Waals surface area contributed by atoms with E-state index in [1.54, 1.807) is 0 Å². The van der Waals surface area contributed by atoms with Crippen LogP contribution < -0.4 is 9.30 Å². The minimum Gasteiger partial charge on any atom is -0.435 e. The number of rotatable bonds is 1. The Hall–Kier alpha value is -4.17. The van der Waals surface area contributed by atoms with Crippen molar-refractivity contribution in [3.63, 3.8) is 0 Å². The Morgan fingerprint density at radius 3 is 2.09 bits per heavy atom. The Kier molecular flexibility index (Phi) is 3.27. The Morgan fingerprint density at radius 2 is 1.33 bits per heavy atom. The first-order valence-electron chi connectivity index (χ1n) is 11.5. The topological polar surface area (TPSA) is 13.1 Å². The van der Waals surface area contributed by atoms with Crippen molar-refractivity contribution in [1.29, 1.82) is 0 Å². The Morgan fingerprint density at radius 1 is 0.636 bits per heavy atom. The summed E-state index contributed by atoms with van der Waals surface area (Å²) >= 11 is 0. The fourth-order valence-electron chi connectivity index (χ4n) is 6.02. The van der Waals surface area contributed by atoms with E-state index in [1.165, 1.54) is 65.8 Å². The van der Waals surface area contributed by atoms with Crippen LogP contribution in [0, 0.1) is 0 Å². The van der Waals surface area contributed by atoms with Crippen LogP contribution in [0.3, 0.4) is 0 Å². The van der Waals surface area contributed by atoms with Gasteiger partial charge in [0, 0.05) is 18.1 Å². The van der Waals surface area contributed by atoms with Gasteiger partial charge < -0.3 is 4.74 Å². The second kappa shape index (κ2) is 6.20. The molecule has 8 rings (SSSR count). The lowest BCUT2D eigenvalue weighted by Gasteiger charge is -2.17. The van der Waals surface area contributed by atoms with Crippen molar-refractivity contribution in [3.8, 4) is 28.1 Å². The first kappa shape index (κ1) is 17.4. The molecule has 2 nitrogen and oxygen atoms in total. The summed E-state index contributed by atoms with van der Waals surface area (Å²) in [6.07, 6.45) is 3.07. The number of hydrogen-bond donors (Lipinski definition) is 0. The maximum Gasteiger partial charge on any atom is 0.292 e. The molecule has 0 bridgehead atoms. The third kappa shape index (κ3) is 2.25. The first-order chi connectivity index (χ1) is 16.4. The molecule has 0 fully saturated rings. The predicted molar refractivity (Wildman–Crippen MR) is 133 cm³/mol. The second-order valence-electron chi connectivity index (χ2n) is 9.12. The van der Waals surface area contributed by atoms with Crippen molar-refractivity contribution >= 4 is 32.3 Å². The molecular formula is C31H20NO+. The molecule has 5 aromatic carbocycles. The van der Waals surface area contributed by atoms with Crippen LogP contribution in [0.25, 0.3) is 54.7 Å². The third-order valence-corrected chi connectivity index (χ3v) is 7.45. The van der Waals surface area contributed by atoms with Gasteiger partial charge >= 0.3 is 0 Å². The van der Waals surface area contributed by atoms with Crippen LogP contribution in [0.5, 0.6) is 5.75 Å². The summed E-state index contributed by atoms with van der Waals surface area (Å²) in [5, 5.41) is 7.88. The third-order valence-electron chi connectivity index (χ3n) is 7.45. The van der Waals surface area contributed by atoms with Gasteiger partial charge in [0.2, 0.25) is 5.69 Å². The van der Waals surface area contributed by atoms with E-state index in [1.807, 2.05) is 0 Å². The van der Waals surface area contributed by atoms with E-state index in [9.17, 15) is 0 Å². The molecule has 6 aromatic rings. The summed E-state index contributed by atoms with van der Waals surface area (Å²) in [6, 6.07) is 33.3. The highest BCUT2D eigenvalue weighted by Gasteiger charge is 2.36. The van der Waals surface area contributed by atoms with Crippen molar-refractivity contribution in [2.45, 2.75) is 13.2 Å². The first-order valence-corrected chi connectivity index (χ1v) is 11.5. The van der Waals surface area contributed by atoms with E-state index >= 15 is 0 Å². The molecule has 0 saturated carbocycles. The second-order valence-corrected chi connectivity index (χ2v) is 9.12. The molecule has 1 aliphatic heterocycles. The summed E-state index contributed by atoms with van der Waals surface area (Å²) in [6.45, 7) is 0.587. The highest BCUT2D eigenvalue weighted by Crippen LogP contribution is 2.47. The SMILES string of the molecule is c1ccc2c(c1)c1ccccc1c1cc(-c3ccc4c5c3Cc3ccc[n+](c3-5)CO4)ccc21. The Bertz CT molecular complexity index is 1760. The molecule has 0 amide bonds. The highest BCUT2D eigenvalue weighted by molar-refractivity contribution is 6.25. The fourth-order valence-corrected chi connectivity index (χ4v) is 6.02. The molecule has 0 spiro atoms. The average molecular weight is 423 g/mol. The zero-order valence-electron chi connectivity index (χ0n) is 18.0. The van der Waals surface area contributed by atoms with Gasteiger partial charge in [-0.2, -0.15) is 4.57 Å². The molecule has 1 aromatic heterocycles. The maximum atomic E-state index is 6.09. The zero-order chi connectivity index (χ0) is 21.5. The van der Waals surface area contributed by atoms with Crippen LogP contribution >= 0.6 is 0 Å². The van der Waals surface area contributed by atoms with Crippen LogP contribution in [0.1, 0.15) is 11.1 Å². The van der Waals surface area contributed by atoms with Gasteiger partial charge in [-0.3, -0.25) is 0 Å². The largest absolute Gasteiger partial charge is 0.435 e. The summed E-state index contributed by atoms with van der Waals surface area (Å²) in [7, 11) is 0. The van der Waals surface area contributed by atoms with E-state index in [0.717, 1.165) is 12.2 Å². The van der Waals surface area contributed by atoms with E-state index in [2.05, 4.69) is 102 Å². The molecule has 154 valence electrons. The number of pyridine rings is 1. The fraction of sp³-hybridized carbons (Fsp3) is 0.0645. The smallest absolute Gasteiger partial charge is 0.292 e. The minimum atomic E-state index is 0.587. The molecule has 1 aliphatic carbocycles. The van der Waals surface area contributed by atoms with E-state index in [4.69, 9.17) is 4.74 Å². The van der Waals surface area contributed by atoms with E-state index in [-0.39, 0.29) is 0 Å². The predicted octanol–water partition coefficient (Wildman–Crippen LogP) is 7.02. The summed E-state index contributed by atoms with van der Waals surface area (Å²) < 4.78 is 8.33. The lowest BCUT2D eigenvalue weighted by molar-refractivity contribution is -0.717. The maximum absolute atomic E-state index is 6.09. The molecule has 0 atom stereocenters. The lowest BCUT2D eigenvalue weighted by Crippen LogP contribution is -2.41.